The van der Waals surface area contributed by atoms with Gasteiger partial charge in [-0.25, -0.2) is 9.97 Å². The van der Waals surface area contributed by atoms with Crippen LogP contribution in [0, 0.1) is 6.92 Å². The number of unbranched alkanes of at least 4 members (excludes halogenated alkanes) is 1. The number of aliphatic hydroxyl groups is 1. The predicted molar refractivity (Wildman–Crippen MR) is 95.2 cm³/mol. The molecule has 25 heavy (non-hydrogen) atoms. The van der Waals surface area contributed by atoms with E-state index in [1.165, 1.54) is 6.20 Å². The van der Waals surface area contributed by atoms with Crippen LogP contribution in [0.1, 0.15) is 42.7 Å². The highest BCUT2D eigenvalue weighted by molar-refractivity contribution is 5.76. The number of anilines is 1. The van der Waals surface area contributed by atoms with E-state index in [-0.39, 0.29) is 5.95 Å². The second kappa shape index (κ2) is 7.40. The fourth-order valence-electron chi connectivity index (χ4n) is 2.47. The number of fused-ring (bicyclic) bond motifs is 1. The topological polar surface area (TPSA) is 107 Å². The molecular formula is C18H21N5O2. The molecule has 1 atom stereocenters. The average Bonchev–Trinajstić information content (AvgIpc) is 2.61. The van der Waals surface area contributed by atoms with Crippen molar-refractivity contribution < 1.29 is 9.84 Å². The van der Waals surface area contributed by atoms with Crippen LogP contribution in [0.3, 0.4) is 0 Å². The molecule has 7 heteroatoms. The Labute approximate surface area is 145 Å². The molecule has 2 aromatic heterocycles. The molecule has 3 aromatic rings. The quantitative estimate of drug-likeness (QED) is 0.665. The molecule has 0 saturated heterocycles. The lowest BCUT2D eigenvalue weighted by Crippen LogP contribution is -2.08. The van der Waals surface area contributed by atoms with E-state index < -0.39 is 6.10 Å². The Hall–Kier alpha value is -2.80. The summed E-state index contributed by atoms with van der Waals surface area (Å²) in [6.45, 7) is 4.55. The Bertz CT molecular complexity index is 884. The molecule has 0 amide bonds. The van der Waals surface area contributed by atoms with Gasteiger partial charge >= 0.3 is 0 Å². The highest BCUT2D eigenvalue weighted by Gasteiger charge is 2.17. The lowest BCUT2D eigenvalue weighted by atomic mass is 10.0. The number of nitrogen functional groups attached to an aromatic ring is 1. The van der Waals surface area contributed by atoms with Gasteiger partial charge in [-0.1, -0.05) is 43.2 Å². The van der Waals surface area contributed by atoms with E-state index in [1.807, 2.05) is 31.2 Å². The zero-order valence-corrected chi connectivity index (χ0v) is 14.3. The number of nitrogens with two attached hydrogens (primary N) is 1. The number of hydrogen-bond acceptors (Lipinski definition) is 7. The monoisotopic (exact) mass is 339 g/mol. The van der Waals surface area contributed by atoms with Crippen LogP contribution in [0.2, 0.25) is 0 Å². The molecule has 0 aliphatic heterocycles. The Balaban J connectivity index is 2.00. The van der Waals surface area contributed by atoms with E-state index in [2.05, 4.69) is 26.9 Å². The van der Waals surface area contributed by atoms with Gasteiger partial charge in [-0.2, -0.15) is 9.97 Å². The molecular weight excluding hydrogens is 318 g/mol. The first-order valence-electron chi connectivity index (χ1n) is 8.26. The summed E-state index contributed by atoms with van der Waals surface area (Å²) in [6.07, 6.45) is 2.50. The number of aromatic nitrogens is 4. The molecule has 0 bridgehead atoms. The number of benzene rings is 1. The Morgan fingerprint density at radius 1 is 1.24 bits per heavy atom. The Morgan fingerprint density at radius 2 is 2.08 bits per heavy atom. The van der Waals surface area contributed by atoms with Gasteiger partial charge in [0, 0.05) is 0 Å². The second-order valence-corrected chi connectivity index (χ2v) is 5.87. The molecule has 0 spiro atoms. The van der Waals surface area contributed by atoms with Crippen molar-refractivity contribution in [2.45, 2.75) is 32.8 Å². The van der Waals surface area contributed by atoms with Crippen molar-refractivity contribution in [3.05, 3.63) is 47.3 Å². The number of rotatable bonds is 6. The van der Waals surface area contributed by atoms with Crippen LogP contribution < -0.4 is 10.5 Å². The minimum Gasteiger partial charge on any atom is -0.476 e. The maximum Gasteiger partial charge on any atom is 0.247 e. The fourth-order valence-corrected chi connectivity index (χ4v) is 2.47. The molecule has 2 heterocycles. The molecule has 1 aromatic carbocycles. The van der Waals surface area contributed by atoms with Crippen LogP contribution in [-0.4, -0.2) is 31.6 Å². The van der Waals surface area contributed by atoms with E-state index in [1.54, 1.807) is 0 Å². The van der Waals surface area contributed by atoms with Crippen LogP contribution in [0.5, 0.6) is 5.88 Å². The van der Waals surface area contributed by atoms with Gasteiger partial charge < -0.3 is 15.6 Å². The van der Waals surface area contributed by atoms with Crippen molar-refractivity contribution in [3.8, 4) is 5.88 Å². The van der Waals surface area contributed by atoms with E-state index in [0.29, 0.717) is 29.3 Å². The maximum absolute atomic E-state index is 10.6. The summed E-state index contributed by atoms with van der Waals surface area (Å²) >= 11 is 0. The summed E-state index contributed by atoms with van der Waals surface area (Å²) in [7, 11) is 0. The first kappa shape index (κ1) is 17.0. The molecule has 7 nitrogen and oxygen atoms in total. The van der Waals surface area contributed by atoms with Gasteiger partial charge in [-0.05, 0) is 18.9 Å². The highest BCUT2D eigenvalue weighted by atomic mass is 16.5. The summed E-state index contributed by atoms with van der Waals surface area (Å²) in [5.41, 5.74) is 8.68. The van der Waals surface area contributed by atoms with E-state index in [4.69, 9.17) is 10.5 Å². The highest BCUT2D eigenvalue weighted by Crippen LogP contribution is 2.25. The summed E-state index contributed by atoms with van der Waals surface area (Å²) in [5, 5.41) is 10.6. The summed E-state index contributed by atoms with van der Waals surface area (Å²) in [4.78, 5) is 17.0. The van der Waals surface area contributed by atoms with Crippen LogP contribution in [0.25, 0.3) is 11.2 Å². The van der Waals surface area contributed by atoms with Crippen molar-refractivity contribution in [2.24, 2.45) is 0 Å². The molecule has 0 fully saturated rings. The first-order chi connectivity index (χ1) is 12.1. The van der Waals surface area contributed by atoms with Gasteiger partial charge in [0.1, 0.15) is 6.10 Å². The van der Waals surface area contributed by atoms with E-state index in [0.717, 1.165) is 24.0 Å². The smallest absolute Gasteiger partial charge is 0.247 e. The minimum absolute atomic E-state index is 0.0836. The van der Waals surface area contributed by atoms with Crippen molar-refractivity contribution in [1.29, 1.82) is 0 Å². The van der Waals surface area contributed by atoms with Gasteiger partial charge in [-0.15, -0.1) is 0 Å². The van der Waals surface area contributed by atoms with Gasteiger partial charge in [0.25, 0.3) is 0 Å². The average molecular weight is 339 g/mol. The Morgan fingerprint density at radius 3 is 2.84 bits per heavy atom. The summed E-state index contributed by atoms with van der Waals surface area (Å²) < 4.78 is 5.68. The normalized spacial score (nSPS) is 12.3. The lowest BCUT2D eigenvalue weighted by molar-refractivity contribution is 0.215. The van der Waals surface area contributed by atoms with E-state index >= 15 is 0 Å². The van der Waals surface area contributed by atoms with Gasteiger partial charge in [0.2, 0.25) is 11.8 Å². The van der Waals surface area contributed by atoms with Crippen LogP contribution >= 0.6 is 0 Å². The summed E-state index contributed by atoms with van der Waals surface area (Å²) in [6, 6.07) is 7.63. The minimum atomic E-state index is -0.891. The van der Waals surface area contributed by atoms with Crippen molar-refractivity contribution in [2.75, 3.05) is 12.3 Å². The van der Waals surface area contributed by atoms with Crippen LogP contribution in [0.4, 0.5) is 5.95 Å². The standard InChI is InChI=1S/C18H21N5O2/c1-3-4-8-25-17-14-16(22-18(19)23-17)20-10-13(21-14)15(24)12-7-5-6-11(2)9-12/h5-7,9-10,15,24H,3-4,8H2,1-2H3,(H2,19,20,22,23). The molecule has 0 saturated carbocycles. The number of aliphatic hydroxyl groups excluding tert-OH is 1. The van der Waals surface area contributed by atoms with Crippen LogP contribution in [0.15, 0.2) is 30.5 Å². The van der Waals surface area contributed by atoms with Gasteiger partial charge in [-0.3, -0.25) is 0 Å². The molecule has 130 valence electrons. The molecule has 0 aliphatic rings. The zero-order chi connectivity index (χ0) is 17.8. The third-order valence-electron chi connectivity index (χ3n) is 3.79. The number of aryl methyl sites for hydroxylation is 1. The second-order valence-electron chi connectivity index (χ2n) is 5.87. The number of nitrogens with zero attached hydrogens (tertiary/aromatic N) is 4. The van der Waals surface area contributed by atoms with Gasteiger partial charge in [0.05, 0.1) is 18.5 Å². The predicted octanol–water partition coefficient (Wildman–Crippen LogP) is 2.57. The van der Waals surface area contributed by atoms with Crippen molar-refractivity contribution in [3.63, 3.8) is 0 Å². The largest absolute Gasteiger partial charge is 0.476 e. The van der Waals surface area contributed by atoms with Crippen molar-refractivity contribution >= 4 is 17.1 Å². The summed E-state index contributed by atoms with van der Waals surface area (Å²) in [5.74, 6) is 0.377. The molecule has 3 N–H and O–H groups in total. The number of hydrogen-bond donors (Lipinski definition) is 2. The SMILES string of the molecule is CCCCOc1nc(N)nc2ncc(C(O)c3cccc(C)c3)nc12. The van der Waals surface area contributed by atoms with E-state index in [9.17, 15) is 5.11 Å². The van der Waals surface area contributed by atoms with Gasteiger partial charge in [0.15, 0.2) is 11.2 Å². The van der Waals surface area contributed by atoms with Crippen LogP contribution in [-0.2, 0) is 0 Å². The fraction of sp³-hybridized carbons (Fsp3) is 0.333. The zero-order valence-electron chi connectivity index (χ0n) is 14.3. The molecule has 0 radical (unpaired) electrons. The first-order valence-corrected chi connectivity index (χ1v) is 8.26. The number of ether oxygens (including phenoxy) is 1. The maximum atomic E-state index is 10.6. The van der Waals surface area contributed by atoms with Crippen molar-refractivity contribution in [1.82, 2.24) is 19.9 Å². The molecule has 3 rings (SSSR count). The Kier molecular flexibility index (Phi) is 5.04. The third kappa shape index (κ3) is 3.83. The molecule has 0 aliphatic carbocycles. The lowest BCUT2D eigenvalue weighted by Gasteiger charge is -2.13. The third-order valence-corrected chi connectivity index (χ3v) is 3.79. The molecule has 1 unspecified atom stereocenters.